The van der Waals surface area contributed by atoms with Crippen LogP contribution in [0, 0.1) is 0 Å². The molecule has 0 nitrogen and oxygen atoms in total. The van der Waals surface area contributed by atoms with Crippen LogP contribution in [-0.2, 0) is 0 Å². The Morgan fingerprint density at radius 2 is 2.00 bits per heavy atom. The van der Waals surface area contributed by atoms with Crippen molar-refractivity contribution in [2.24, 2.45) is 0 Å². The van der Waals surface area contributed by atoms with Crippen LogP contribution >= 0.6 is 22.5 Å². The normalized spacial score (nSPS) is 11.5. The highest BCUT2D eigenvalue weighted by atomic mass is 35.5. The minimum Gasteiger partial charge on any atom is -0.258 e. The molecule has 6 heavy (non-hydrogen) atoms. The molecule has 0 bridgehead atoms. The molecule has 0 aromatic rings. The second kappa shape index (κ2) is 3.82. The molecule has 0 spiro atoms. The van der Waals surface area contributed by atoms with Crippen molar-refractivity contribution >= 4 is 22.5 Å². The van der Waals surface area contributed by atoms with Crippen LogP contribution in [0.15, 0.2) is 0 Å². The topological polar surface area (TPSA) is 0 Å². The monoisotopic (exact) mass is 126 g/mol. The van der Waals surface area contributed by atoms with Crippen LogP contribution in [-0.4, -0.2) is 24.1 Å². The first-order chi connectivity index (χ1) is 2.77. The van der Waals surface area contributed by atoms with E-state index in [1.165, 1.54) is 5.75 Å². The number of thiol groups is 1. The molecular formula is C4H11ClS. The lowest BCUT2D eigenvalue weighted by Crippen LogP contribution is -1.82. The number of rotatable bonds is 2. The summed E-state index contributed by atoms with van der Waals surface area (Å²) in [6.07, 6.45) is 4.47. The van der Waals surface area contributed by atoms with Gasteiger partial charge in [-0.3, -0.25) is 10.9 Å². The lowest BCUT2D eigenvalue weighted by atomic mass is 11.0. The molecular weight excluding hydrogens is 116 g/mol. The molecule has 0 rings (SSSR count). The molecule has 0 aromatic heterocycles. The van der Waals surface area contributed by atoms with Crippen molar-refractivity contribution in [1.82, 2.24) is 0 Å². The molecule has 0 aliphatic rings. The van der Waals surface area contributed by atoms with E-state index in [9.17, 15) is 0 Å². The van der Waals surface area contributed by atoms with Gasteiger partial charge in [-0.2, -0.15) is 0 Å². The quantitative estimate of drug-likeness (QED) is 0.421. The van der Waals surface area contributed by atoms with Gasteiger partial charge in [0.25, 0.3) is 0 Å². The Balaban J connectivity index is 2.63. The fourth-order valence-electron chi connectivity index (χ4n) is 0.169. The van der Waals surface area contributed by atoms with Crippen LogP contribution < -0.4 is 0 Å². The van der Waals surface area contributed by atoms with Gasteiger partial charge in [-0.1, -0.05) is 0 Å². The second-order valence-electron chi connectivity index (χ2n) is 1.49. The lowest BCUT2D eigenvalue weighted by Gasteiger charge is -2.01. The highest BCUT2D eigenvalue weighted by Gasteiger charge is 1.81. The standard InChI is InChI=1S/C4H11ClS/c1-6(2)4-3-5/h6H,3-4H2,1-2H3. The van der Waals surface area contributed by atoms with Crippen molar-refractivity contribution < 1.29 is 0 Å². The van der Waals surface area contributed by atoms with Crippen LogP contribution in [0.4, 0.5) is 0 Å². The van der Waals surface area contributed by atoms with Crippen LogP contribution in [0.1, 0.15) is 0 Å². The van der Waals surface area contributed by atoms with Crippen molar-refractivity contribution in [3.8, 4) is 0 Å². The molecule has 0 fully saturated rings. The SMILES string of the molecule is C[SH](C)CCCl. The van der Waals surface area contributed by atoms with Gasteiger partial charge in [0.2, 0.25) is 0 Å². The first-order valence-corrected chi connectivity index (χ1v) is 4.93. The molecule has 0 heterocycles. The third kappa shape index (κ3) is 4.64. The molecule has 0 aliphatic carbocycles. The molecule has 0 aliphatic heterocycles. The minimum absolute atomic E-state index is 0.267. The van der Waals surface area contributed by atoms with E-state index in [2.05, 4.69) is 12.5 Å². The van der Waals surface area contributed by atoms with Crippen LogP contribution in [0.25, 0.3) is 0 Å². The maximum Gasteiger partial charge on any atom is 0.0297 e. The maximum atomic E-state index is 5.41. The van der Waals surface area contributed by atoms with E-state index < -0.39 is 0 Å². The predicted octanol–water partition coefficient (Wildman–Crippen LogP) is 1.49. The third-order valence-electron chi connectivity index (χ3n) is 0.532. The number of alkyl halides is 1. The van der Waals surface area contributed by atoms with Gasteiger partial charge < -0.3 is 0 Å². The summed E-state index contributed by atoms with van der Waals surface area (Å²) in [6, 6.07) is 0. The van der Waals surface area contributed by atoms with Gasteiger partial charge in [-0.15, -0.1) is 11.6 Å². The molecule has 0 atom stereocenters. The molecule has 2 heteroatoms. The molecule has 40 valence electrons. The first kappa shape index (κ1) is 6.64. The molecule has 0 saturated heterocycles. The second-order valence-corrected chi connectivity index (χ2v) is 4.48. The van der Waals surface area contributed by atoms with E-state index in [1.807, 2.05) is 0 Å². The van der Waals surface area contributed by atoms with Crippen molar-refractivity contribution in [1.29, 1.82) is 0 Å². The van der Waals surface area contributed by atoms with Crippen LogP contribution in [0.5, 0.6) is 0 Å². The summed E-state index contributed by atoms with van der Waals surface area (Å²) >= 11 is 5.41. The van der Waals surface area contributed by atoms with Gasteiger partial charge in [0.05, 0.1) is 0 Å². The van der Waals surface area contributed by atoms with Gasteiger partial charge in [-0.25, -0.2) is 0 Å². The fourth-order valence-corrected chi connectivity index (χ4v) is 1.52. The van der Waals surface area contributed by atoms with E-state index in [1.54, 1.807) is 0 Å². The third-order valence-corrected chi connectivity index (χ3v) is 2.10. The zero-order valence-electron chi connectivity index (χ0n) is 4.24. The van der Waals surface area contributed by atoms with Crippen LogP contribution in [0.2, 0.25) is 0 Å². The number of halogens is 1. The zero-order valence-corrected chi connectivity index (χ0v) is 5.89. The van der Waals surface area contributed by atoms with E-state index in [-0.39, 0.29) is 10.9 Å². The van der Waals surface area contributed by atoms with Gasteiger partial charge in [0.15, 0.2) is 0 Å². The van der Waals surface area contributed by atoms with Gasteiger partial charge >= 0.3 is 0 Å². The average Bonchev–Trinajstić information content (AvgIpc) is 1.35. The maximum absolute atomic E-state index is 5.41. The van der Waals surface area contributed by atoms with Crippen molar-refractivity contribution in [3.05, 3.63) is 0 Å². The Morgan fingerprint density at radius 3 is 2.00 bits per heavy atom. The molecule has 0 aromatic carbocycles. The van der Waals surface area contributed by atoms with Crippen molar-refractivity contribution in [3.63, 3.8) is 0 Å². The Kier molecular flexibility index (Phi) is 4.22. The largest absolute Gasteiger partial charge is 0.258 e. The molecule has 0 saturated carbocycles. The van der Waals surface area contributed by atoms with E-state index in [0.29, 0.717) is 0 Å². The van der Waals surface area contributed by atoms with Crippen LogP contribution in [0.3, 0.4) is 0 Å². The zero-order chi connectivity index (χ0) is 4.99. The molecule has 0 amide bonds. The predicted molar refractivity (Wildman–Crippen MR) is 36.4 cm³/mol. The van der Waals surface area contributed by atoms with E-state index in [0.717, 1.165) is 5.88 Å². The summed E-state index contributed by atoms with van der Waals surface area (Å²) in [5.41, 5.74) is 0. The lowest BCUT2D eigenvalue weighted by molar-refractivity contribution is 1.53. The van der Waals surface area contributed by atoms with Crippen molar-refractivity contribution in [2.75, 3.05) is 24.1 Å². The summed E-state index contributed by atoms with van der Waals surface area (Å²) < 4.78 is 0. The summed E-state index contributed by atoms with van der Waals surface area (Å²) in [7, 11) is 0.267. The Hall–Kier alpha value is 0.640. The van der Waals surface area contributed by atoms with Gasteiger partial charge in [0.1, 0.15) is 0 Å². The summed E-state index contributed by atoms with van der Waals surface area (Å²) in [6.45, 7) is 0. The first-order valence-electron chi connectivity index (χ1n) is 1.98. The smallest absolute Gasteiger partial charge is 0.0297 e. The Morgan fingerprint density at radius 1 is 1.50 bits per heavy atom. The van der Waals surface area contributed by atoms with Gasteiger partial charge in [0, 0.05) is 5.88 Å². The van der Waals surface area contributed by atoms with E-state index in [4.69, 9.17) is 11.6 Å². The summed E-state index contributed by atoms with van der Waals surface area (Å²) in [4.78, 5) is 0. The highest BCUT2D eigenvalue weighted by Crippen LogP contribution is 2.11. The van der Waals surface area contributed by atoms with Gasteiger partial charge in [-0.05, 0) is 18.3 Å². The Labute approximate surface area is 47.2 Å². The highest BCUT2D eigenvalue weighted by molar-refractivity contribution is 8.15. The number of hydrogen-bond donors (Lipinski definition) is 1. The Bertz CT molecular complexity index is 28.7. The molecule has 0 unspecified atom stereocenters. The molecule has 0 N–H and O–H groups in total. The van der Waals surface area contributed by atoms with E-state index >= 15 is 0 Å². The molecule has 0 radical (unpaired) electrons. The fraction of sp³-hybridized carbons (Fsp3) is 1.00. The van der Waals surface area contributed by atoms with Crippen molar-refractivity contribution in [2.45, 2.75) is 0 Å². The summed E-state index contributed by atoms with van der Waals surface area (Å²) in [5.74, 6) is 2.04. The summed E-state index contributed by atoms with van der Waals surface area (Å²) in [5, 5.41) is 0. The number of hydrogen-bond acceptors (Lipinski definition) is 0. The minimum atomic E-state index is 0.267. The average molecular weight is 127 g/mol.